The van der Waals surface area contributed by atoms with E-state index in [4.69, 9.17) is 0 Å². The second-order valence-electron chi connectivity index (χ2n) is 10.5. The van der Waals surface area contributed by atoms with Crippen LogP contribution in [0, 0.1) is 5.82 Å². The van der Waals surface area contributed by atoms with Crippen LogP contribution in [-0.2, 0) is 11.2 Å². The number of carbonyl (C=O) groups excluding carboxylic acids is 2. The van der Waals surface area contributed by atoms with E-state index in [1.165, 1.54) is 17.7 Å². The number of hydrogen-bond donors (Lipinski definition) is 0. The molecule has 1 aliphatic heterocycles. The Kier molecular flexibility index (Phi) is 6.77. The maximum absolute atomic E-state index is 14.2. The van der Waals surface area contributed by atoms with Gasteiger partial charge in [0, 0.05) is 17.8 Å². The van der Waals surface area contributed by atoms with E-state index in [-0.39, 0.29) is 30.2 Å². The van der Waals surface area contributed by atoms with Gasteiger partial charge in [-0.25, -0.2) is 4.39 Å². The largest absolute Gasteiger partial charge is 0.326 e. The highest BCUT2D eigenvalue weighted by Gasteiger charge is 2.40. The van der Waals surface area contributed by atoms with Crippen molar-refractivity contribution in [3.63, 3.8) is 0 Å². The van der Waals surface area contributed by atoms with Crippen LogP contribution >= 0.6 is 0 Å². The first-order valence-corrected chi connectivity index (χ1v) is 13.8. The van der Waals surface area contributed by atoms with E-state index >= 15 is 0 Å². The van der Waals surface area contributed by atoms with Crippen molar-refractivity contribution in [3.05, 3.63) is 119 Å². The molecule has 1 fully saturated rings. The number of para-hydroxylation sites is 2. The van der Waals surface area contributed by atoms with E-state index in [9.17, 15) is 14.0 Å². The molecule has 0 bridgehead atoms. The molecule has 39 heavy (non-hydrogen) atoms. The van der Waals surface area contributed by atoms with Crippen molar-refractivity contribution in [3.8, 4) is 5.69 Å². The second-order valence-corrected chi connectivity index (χ2v) is 10.5. The smallest absolute Gasteiger partial charge is 0.254 e. The normalized spacial score (nSPS) is 15.9. The Morgan fingerprint density at radius 2 is 1.62 bits per heavy atom. The molecule has 2 heterocycles. The second kappa shape index (κ2) is 10.5. The molecule has 0 N–H and O–H groups in total. The van der Waals surface area contributed by atoms with Crippen molar-refractivity contribution in [2.24, 2.45) is 0 Å². The van der Waals surface area contributed by atoms with Gasteiger partial charge in [0.05, 0.1) is 17.1 Å². The van der Waals surface area contributed by atoms with Crippen molar-refractivity contribution >= 4 is 17.5 Å². The molecule has 1 aromatic heterocycles. The molecule has 4 aromatic rings. The van der Waals surface area contributed by atoms with Crippen molar-refractivity contribution in [2.75, 3.05) is 11.4 Å². The number of anilines is 1. The molecule has 5 nitrogen and oxygen atoms in total. The zero-order chi connectivity index (χ0) is 26.9. The third-order valence-corrected chi connectivity index (χ3v) is 7.75. The first-order chi connectivity index (χ1) is 19.0. The van der Waals surface area contributed by atoms with Crippen molar-refractivity contribution < 1.29 is 14.0 Å². The Labute approximate surface area is 228 Å². The minimum Gasteiger partial charge on any atom is -0.326 e. The zero-order valence-corrected chi connectivity index (χ0v) is 22.1. The minimum atomic E-state index is -0.447. The first-order valence-electron chi connectivity index (χ1n) is 13.8. The minimum absolute atomic E-state index is 0.0200. The van der Waals surface area contributed by atoms with Gasteiger partial charge in [0.2, 0.25) is 5.91 Å². The highest BCUT2D eigenvalue weighted by Crippen LogP contribution is 2.42. The number of halogens is 1. The number of carbonyl (C=O) groups is 2. The molecule has 0 saturated heterocycles. The van der Waals surface area contributed by atoms with Gasteiger partial charge in [-0.2, -0.15) is 0 Å². The molecule has 0 spiro atoms. The van der Waals surface area contributed by atoms with E-state index in [1.807, 2.05) is 66.9 Å². The van der Waals surface area contributed by atoms with Crippen LogP contribution in [0.4, 0.5) is 10.1 Å². The SMILES string of the molecule is CCCCc1ccc(C(=O)N(CC(=O)N2c3ccccc3-n3cccc3C2c2ccc(F)cc2)C2CC2)cc1. The number of rotatable bonds is 8. The highest BCUT2D eigenvalue weighted by molar-refractivity contribution is 6.03. The predicted molar refractivity (Wildman–Crippen MR) is 151 cm³/mol. The Balaban J connectivity index is 1.34. The van der Waals surface area contributed by atoms with Crippen molar-refractivity contribution in [2.45, 2.75) is 51.1 Å². The number of benzene rings is 3. The lowest BCUT2D eigenvalue weighted by molar-refractivity contribution is -0.119. The Morgan fingerprint density at radius 1 is 0.897 bits per heavy atom. The summed E-state index contributed by atoms with van der Waals surface area (Å²) in [5.41, 5.74) is 5.22. The van der Waals surface area contributed by atoms with Crippen LogP contribution in [0.15, 0.2) is 91.1 Å². The molecular formula is C33H32FN3O2. The van der Waals surface area contributed by atoms with Gasteiger partial charge >= 0.3 is 0 Å². The van der Waals surface area contributed by atoms with Gasteiger partial charge in [0.1, 0.15) is 18.4 Å². The maximum Gasteiger partial charge on any atom is 0.254 e. The fourth-order valence-electron chi connectivity index (χ4n) is 5.56. The van der Waals surface area contributed by atoms with Crippen LogP contribution in [0.1, 0.15) is 65.8 Å². The number of hydrogen-bond acceptors (Lipinski definition) is 2. The van der Waals surface area contributed by atoms with E-state index in [1.54, 1.807) is 21.9 Å². The summed E-state index contributed by atoms with van der Waals surface area (Å²) in [6, 6.07) is 25.5. The summed E-state index contributed by atoms with van der Waals surface area (Å²) in [5, 5.41) is 0. The Morgan fingerprint density at radius 3 is 2.31 bits per heavy atom. The van der Waals surface area contributed by atoms with E-state index in [0.29, 0.717) is 5.56 Å². The van der Waals surface area contributed by atoms with Gasteiger partial charge in [-0.05, 0) is 85.3 Å². The van der Waals surface area contributed by atoms with Crippen LogP contribution in [0.5, 0.6) is 0 Å². The summed E-state index contributed by atoms with van der Waals surface area (Å²) < 4.78 is 15.9. The topological polar surface area (TPSA) is 45.6 Å². The van der Waals surface area contributed by atoms with Crippen molar-refractivity contribution in [1.29, 1.82) is 0 Å². The molecule has 3 aromatic carbocycles. The van der Waals surface area contributed by atoms with Gasteiger partial charge < -0.3 is 9.47 Å². The molecule has 2 amide bonds. The van der Waals surface area contributed by atoms with Crippen LogP contribution in [0.2, 0.25) is 0 Å². The van der Waals surface area contributed by atoms with Crippen LogP contribution in [0.3, 0.4) is 0 Å². The average Bonchev–Trinajstić information content (AvgIpc) is 3.69. The molecule has 1 aliphatic carbocycles. The molecule has 0 radical (unpaired) electrons. The molecule has 6 rings (SSSR count). The van der Waals surface area contributed by atoms with E-state index in [2.05, 4.69) is 11.5 Å². The summed E-state index contributed by atoms with van der Waals surface area (Å²) in [4.78, 5) is 31.4. The molecule has 1 unspecified atom stereocenters. The van der Waals surface area contributed by atoms with E-state index < -0.39 is 6.04 Å². The van der Waals surface area contributed by atoms with Gasteiger partial charge in [-0.1, -0.05) is 49.7 Å². The first kappa shape index (κ1) is 25.1. The third-order valence-electron chi connectivity index (χ3n) is 7.75. The summed E-state index contributed by atoms with van der Waals surface area (Å²) in [5.74, 6) is -0.599. The zero-order valence-electron chi connectivity index (χ0n) is 22.1. The summed E-state index contributed by atoms with van der Waals surface area (Å²) >= 11 is 0. The van der Waals surface area contributed by atoms with Gasteiger partial charge in [-0.3, -0.25) is 14.5 Å². The molecule has 1 atom stereocenters. The third kappa shape index (κ3) is 4.87. The number of nitrogens with zero attached hydrogens (tertiary/aromatic N) is 3. The lowest BCUT2D eigenvalue weighted by atomic mass is 9.97. The van der Waals surface area contributed by atoms with Crippen molar-refractivity contribution in [1.82, 2.24) is 9.47 Å². The molecular weight excluding hydrogens is 489 g/mol. The standard InChI is InChI=1S/C33H32FN3O2/c1-2-3-7-23-11-13-25(14-12-23)33(39)36(27-19-20-27)22-31(38)37-29-9-5-4-8-28(29)35-21-6-10-30(35)32(37)24-15-17-26(34)18-16-24/h4-6,8-18,21,27,32H,2-3,7,19-20,22H2,1H3. The lowest BCUT2D eigenvalue weighted by Gasteiger charge is -2.39. The quantitative estimate of drug-likeness (QED) is 0.259. The van der Waals surface area contributed by atoms with Gasteiger partial charge in [0.15, 0.2) is 0 Å². The number of unbranched alkanes of at least 4 members (excludes halogenated alkanes) is 1. The molecule has 6 heteroatoms. The Bertz CT molecular complexity index is 1490. The Hall–Kier alpha value is -4.19. The summed E-state index contributed by atoms with van der Waals surface area (Å²) in [6.45, 7) is 2.15. The fourth-order valence-corrected chi connectivity index (χ4v) is 5.56. The highest BCUT2D eigenvalue weighted by atomic mass is 19.1. The van der Waals surface area contributed by atoms with E-state index in [0.717, 1.165) is 54.7 Å². The summed E-state index contributed by atoms with van der Waals surface area (Å²) in [7, 11) is 0. The van der Waals surface area contributed by atoms with Crippen LogP contribution in [-0.4, -0.2) is 33.9 Å². The van der Waals surface area contributed by atoms with Gasteiger partial charge in [0.25, 0.3) is 5.91 Å². The van der Waals surface area contributed by atoms with Crippen LogP contribution < -0.4 is 4.90 Å². The monoisotopic (exact) mass is 521 g/mol. The lowest BCUT2D eigenvalue weighted by Crippen LogP contribution is -2.47. The number of fused-ring (bicyclic) bond motifs is 3. The molecule has 198 valence electrons. The number of aryl methyl sites for hydroxylation is 1. The fraction of sp³-hybridized carbons (Fsp3) is 0.273. The molecule has 1 saturated carbocycles. The number of amides is 2. The predicted octanol–water partition coefficient (Wildman–Crippen LogP) is 6.70. The summed E-state index contributed by atoms with van der Waals surface area (Å²) in [6.07, 6.45) is 7.02. The maximum atomic E-state index is 14.2. The number of aromatic nitrogens is 1. The molecule has 2 aliphatic rings. The van der Waals surface area contributed by atoms with Crippen LogP contribution in [0.25, 0.3) is 5.69 Å². The average molecular weight is 522 g/mol. The van der Waals surface area contributed by atoms with Gasteiger partial charge in [-0.15, -0.1) is 0 Å².